The molecule has 1 heterocycles. The Balaban J connectivity index is 2.38. The number of aliphatic hydroxyl groups is 1. The van der Waals surface area contributed by atoms with Crippen molar-refractivity contribution >= 4 is 0 Å². The van der Waals surface area contributed by atoms with Crippen LogP contribution in [0, 0.1) is 0 Å². The average Bonchev–Trinajstić information content (AvgIpc) is 2.49. The second kappa shape index (κ2) is 4.45. The Morgan fingerprint density at radius 3 is 2.71 bits per heavy atom. The zero-order chi connectivity index (χ0) is 10.6. The fraction of sp³-hybridized carbons (Fsp3) is 0.625. The molecule has 0 atom stereocenters. The standard InChI is InChI=1S/C8H11F3N2O/c9-8(10,11)2-1-4-13-5-3-12-7(13)6-14/h3,5,14H,1-2,4,6H2. The summed E-state index contributed by atoms with van der Waals surface area (Å²) in [7, 11) is 0. The molecule has 0 fully saturated rings. The smallest absolute Gasteiger partial charge is 0.388 e. The molecular formula is C8H11F3N2O. The molecule has 0 aliphatic rings. The summed E-state index contributed by atoms with van der Waals surface area (Å²) in [5, 5.41) is 8.76. The summed E-state index contributed by atoms with van der Waals surface area (Å²) in [6, 6.07) is 0. The Hall–Kier alpha value is -1.04. The van der Waals surface area contributed by atoms with Gasteiger partial charge in [0, 0.05) is 25.4 Å². The van der Waals surface area contributed by atoms with Crippen LogP contribution in [0.5, 0.6) is 0 Å². The molecule has 3 nitrogen and oxygen atoms in total. The van der Waals surface area contributed by atoms with Crippen LogP contribution in [0.3, 0.4) is 0 Å². The van der Waals surface area contributed by atoms with E-state index in [-0.39, 0.29) is 19.6 Å². The molecule has 80 valence electrons. The van der Waals surface area contributed by atoms with Gasteiger partial charge < -0.3 is 9.67 Å². The zero-order valence-electron chi connectivity index (χ0n) is 7.46. The van der Waals surface area contributed by atoms with Crippen molar-refractivity contribution in [1.82, 2.24) is 9.55 Å². The lowest BCUT2D eigenvalue weighted by Gasteiger charge is -2.07. The zero-order valence-corrected chi connectivity index (χ0v) is 7.46. The van der Waals surface area contributed by atoms with E-state index in [1.54, 1.807) is 6.20 Å². The van der Waals surface area contributed by atoms with Crippen molar-refractivity contribution in [3.8, 4) is 0 Å². The van der Waals surface area contributed by atoms with Gasteiger partial charge in [0.2, 0.25) is 0 Å². The molecular weight excluding hydrogens is 197 g/mol. The first-order chi connectivity index (χ1) is 6.53. The highest BCUT2D eigenvalue weighted by Gasteiger charge is 2.26. The molecule has 6 heteroatoms. The third-order valence-corrected chi connectivity index (χ3v) is 1.80. The first-order valence-electron chi connectivity index (χ1n) is 4.20. The second-order valence-electron chi connectivity index (χ2n) is 2.91. The van der Waals surface area contributed by atoms with E-state index in [1.165, 1.54) is 10.8 Å². The van der Waals surface area contributed by atoms with Gasteiger partial charge >= 0.3 is 6.18 Å². The summed E-state index contributed by atoms with van der Waals surface area (Å²) in [5.41, 5.74) is 0. The third-order valence-electron chi connectivity index (χ3n) is 1.80. The monoisotopic (exact) mass is 208 g/mol. The van der Waals surface area contributed by atoms with Gasteiger partial charge in [0.05, 0.1) is 0 Å². The van der Waals surface area contributed by atoms with Crippen molar-refractivity contribution in [3.05, 3.63) is 18.2 Å². The molecule has 0 aromatic carbocycles. The van der Waals surface area contributed by atoms with Crippen molar-refractivity contribution in [1.29, 1.82) is 0 Å². The Morgan fingerprint density at radius 1 is 1.43 bits per heavy atom. The fourth-order valence-electron chi connectivity index (χ4n) is 1.15. The molecule has 0 aliphatic heterocycles. The van der Waals surface area contributed by atoms with Crippen LogP contribution in [0.4, 0.5) is 13.2 Å². The summed E-state index contributed by atoms with van der Waals surface area (Å²) in [5.74, 6) is 0.396. The van der Waals surface area contributed by atoms with Crippen molar-refractivity contribution in [2.24, 2.45) is 0 Å². The number of hydrogen-bond acceptors (Lipinski definition) is 2. The van der Waals surface area contributed by atoms with Crippen LogP contribution in [0.2, 0.25) is 0 Å². The minimum atomic E-state index is -4.11. The second-order valence-corrected chi connectivity index (χ2v) is 2.91. The number of aryl methyl sites for hydroxylation is 1. The van der Waals surface area contributed by atoms with Crippen LogP contribution in [-0.2, 0) is 13.2 Å². The Labute approximate surface area is 79.2 Å². The maximum absolute atomic E-state index is 11.8. The number of aromatic nitrogens is 2. The van der Waals surface area contributed by atoms with Gasteiger partial charge in [-0.1, -0.05) is 0 Å². The first kappa shape index (κ1) is 11.0. The summed E-state index contributed by atoms with van der Waals surface area (Å²) >= 11 is 0. The van der Waals surface area contributed by atoms with Gasteiger partial charge in [-0.2, -0.15) is 13.2 Å². The fourth-order valence-corrected chi connectivity index (χ4v) is 1.15. The highest BCUT2D eigenvalue weighted by atomic mass is 19.4. The van der Waals surface area contributed by atoms with Gasteiger partial charge in [0.1, 0.15) is 12.4 Å². The van der Waals surface area contributed by atoms with E-state index in [1.807, 2.05) is 0 Å². The van der Waals surface area contributed by atoms with Crippen LogP contribution in [0.25, 0.3) is 0 Å². The van der Waals surface area contributed by atoms with E-state index in [4.69, 9.17) is 5.11 Å². The molecule has 0 bridgehead atoms. The van der Waals surface area contributed by atoms with E-state index < -0.39 is 12.6 Å². The summed E-state index contributed by atoms with van der Waals surface area (Å²) in [6.07, 6.45) is -1.90. The first-order valence-corrected chi connectivity index (χ1v) is 4.20. The summed E-state index contributed by atoms with van der Waals surface area (Å²) in [6.45, 7) is -0.0194. The number of halogens is 3. The van der Waals surface area contributed by atoms with E-state index >= 15 is 0 Å². The molecule has 0 saturated heterocycles. The molecule has 1 aromatic heterocycles. The highest BCUT2D eigenvalue weighted by molar-refractivity contribution is 4.89. The number of imidazole rings is 1. The molecule has 0 radical (unpaired) electrons. The molecule has 0 amide bonds. The maximum Gasteiger partial charge on any atom is 0.389 e. The molecule has 0 spiro atoms. The van der Waals surface area contributed by atoms with Crippen molar-refractivity contribution in [3.63, 3.8) is 0 Å². The van der Waals surface area contributed by atoms with E-state index in [2.05, 4.69) is 4.98 Å². The van der Waals surface area contributed by atoms with Gasteiger partial charge in [-0.25, -0.2) is 4.98 Å². The molecule has 0 aliphatic carbocycles. The molecule has 0 unspecified atom stereocenters. The number of nitrogens with zero attached hydrogens (tertiary/aromatic N) is 2. The molecule has 14 heavy (non-hydrogen) atoms. The lowest BCUT2D eigenvalue weighted by atomic mass is 10.3. The number of alkyl halides is 3. The van der Waals surface area contributed by atoms with Crippen LogP contribution < -0.4 is 0 Å². The lowest BCUT2D eigenvalue weighted by molar-refractivity contribution is -0.135. The number of rotatable bonds is 4. The molecule has 1 N–H and O–H groups in total. The van der Waals surface area contributed by atoms with Gasteiger partial charge in [0.15, 0.2) is 0 Å². The SMILES string of the molecule is OCc1nccn1CCCC(F)(F)F. The Kier molecular flexibility index (Phi) is 3.51. The third kappa shape index (κ3) is 3.37. The van der Waals surface area contributed by atoms with Gasteiger partial charge in [-0.3, -0.25) is 0 Å². The van der Waals surface area contributed by atoms with Crippen LogP contribution in [0.15, 0.2) is 12.4 Å². The lowest BCUT2D eigenvalue weighted by Crippen LogP contribution is -2.10. The number of aliphatic hydroxyl groups excluding tert-OH is 1. The van der Waals surface area contributed by atoms with E-state index in [9.17, 15) is 13.2 Å². The van der Waals surface area contributed by atoms with E-state index in [0.717, 1.165) is 0 Å². The molecule has 1 rings (SSSR count). The average molecular weight is 208 g/mol. The van der Waals surface area contributed by atoms with Crippen molar-refractivity contribution < 1.29 is 18.3 Å². The van der Waals surface area contributed by atoms with Crippen LogP contribution >= 0.6 is 0 Å². The Morgan fingerprint density at radius 2 is 2.14 bits per heavy atom. The van der Waals surface area contributed by atoms with Gasteiger partial charge in [-0.15, -0.1) is 0 Å². The van der Waals surface area contributed by atoms with Crippen LogP contribution in [-0.4, -0.2) is 20.8 Å². The van der Waals surface area contributed by atoms with Crippen molar-refractivity contribution in [2.45, 2.75) is 32.2 Å². The normalized spacial score (nSPS) is 12.0. The quantitative estimate of drug-likeness (QED) is 0.818. The maximum atomic E-state index is 11.8. The highest BCUT2D eigenvalue weighted by Crippen LogP contribution is 2.21. The van der Waals surface area contributed by atoms with Crippen LogP contribution in [0.1, 0.15) is 18.7 Å². The predicted octanol–water partition coefficient (Wildman–Crippen LogP) is 1.72. The number of hydrogen-bond donors (Lipinski definition) is 1. The Bertz CT molecular complexity index is 282. The predicted molar refractivity (Wildman–Crippen MR) is 43.4 cm³/mol. The van der Waals surface area contributed by atoms with Gasteiger partial charge in [-0.05, 0) is 6.42 Å². The minimum absolute atomic E-state index is 0.00681. The molecule has 1 aromatic rings. The topological polar surface area (TPSA) is 38.1 Å². The van der Waals surface area contributed by atoms with Gasteiger partial charge in [0.25, 0.3) is 0 Å². The molecule has 0 saturated carbocycles. The largest absolute Gasteiger partial charge is 0.389 e. The van der Waals surface area contributed by atoms with E-state index in [0.29, 0.717) is 5.82 Å². The minimum Gasteiger partial charge on any atom is -0.388 e. The summed E-state index contributed by atoms with van der Waals surface area (Å²) < 4.78 is 36.9. The van der Waals surface area contributed by atoms with Crippen molar-refractivity contribution in [2.75, 3.05) is 0 Å². The summed E-state index contributed by atoms with van der Waals surface area (Å²) in [4.78, 5) is 3.78.